The number of thiophene rings is 1. The van der Waals surface area contributed by atoms with Gasteiger partial charge < -0.3 is 20.1 Å². The maximum Gasteiger partial charge on any atom is 0.253 e. The van der Waals surface area contributed by atoms with E-state index in [0.717, 1.165) is 48.4 Å². The van der Waals surface area contributed by atoms with E-state index in [1.54, 1.807) is 11.3 Å². The molecule has 30 heavy (non-hydrogen) atoms. The van der Waals surface area contributed by atoms with Crippen LogP contribution in [-0.4, -0.2) is 60.5 Å². The van der Waals surface area contributed by atoms with Gasteiger partial charge in [0.25, 0.3) is 11.5 Å². The van der Waals surface area contributed by atoms with E-state index in [-0.39, 0.29) is 18.0 Å². The van der Waals surface area contributed by atoms with Crippen LogP contribution in [-0.2, 0) is 13.0 Å². The molecule has 0 aromatic carbocycles. The first-order chi connectivity index (χ1) is 14.3. The summed E-state index contributed by atoms with van der Waals surface area (Å²) in [6.07, 6.45) is 3.43. The first kappa shape index (κ1) is 22.7. The van der Waals surface area contributed by atoms with Crippen molar-refractivity contribution in [2.24, 2.45) is 0 Å². The van der Waals surface area contributed by atoms with Gasteiger partial charge in [-0.25, -0.2) is 0 Å². The zero-order valence-electron chi connectivity index (χ0n) is 18.8. The number of piperidine rings is 1. The predicted molar refractivity (Wildman–Crippen MR) is 124 cm³/mol. The molecule has 3 rings (SSSR count). The van der Waals surface area contributed by atoms with Crippen molar-refractivity contribution < 1.29 is 4.79 Å². The second-order valence-corrected chi connectivity index (χ2v) is 9.57. The van der Waals surface area contributed by atoms with Gasteiger partial charge in [-0.05, 0) is 84.4 Å². The van der Waals surface area contributed by atoms with Gasteiger partial charge in [-0.2, -0.15) is 0 Å². The molecule has 1 saturated heterocycles. The van der Waals surface area contributed by atoms with Gasteiger partial charge in [0.2, 0.25) is 0 Å². The summed E-state index contributed by atoms with van der Waals surface area (Å²) in [4.78, 5) is 33.8. The smallest absolute Gasteiger partial charge is 0.253 e. The molecule has 0 unspecified atom stereocenters. The summed E-state index contributed by atoms with van der Waals surface area (Å²) in [7, 11) is 4.33. The molecule has 0 radical (unpaired) electrons. The largest absolute Gasteiger partial charge is 0.348 e. The number of nitrogens with one attached hydrogen (secondary N) is 2. The Balaban J connectivity index is 1.55. The van der Waals surface area contributed by atoms with Gasteiger partial charge in [-0.1, -0.05) is 0 Å². The zero-order chi connectivity index (χ0) is 21.8. The van der Waals surface area contributed by atoms with Gasteiger partial charge in [0.1, 0.15) is 0 Å². The third-order valence-electron chi connectivity index (χ3n) is 6.25. The highest BCUT2D eigenvalue weighted by Gasteiger charge is 2.21. The lowest BCUT2D eigenvalue weighted by atomic mass is 10.0. The van der Waals surface area contributed by atoms with E-state index >= 15 is 0 Å². The molecule has 7 heteroatoms. The normalized spacial score (nSPS) is 15.7. The molecular formula is C23H34N4O2S. The number of aromatic nitrogens is 1. The Kier molecular flexibility index (Phi) is 7.50. The molecule has 164 valence electrons. The number of H-pyrrole nitrogens is 1. The first-order valence-electron chi connectivity index (χ1n) is 10.7. The van der Waals surface area contributed by atoms with Crippen molar-refractivity contribution in [2.75, 3.05) is 33.7 Å². The van der Waals surface area contributed by atoms with Crippen molar-refractivity contribution in [3.8, 4) is 0 Å². The lowest BCUT2D eigenvalue weighted by molar-refractivity contribution is 0.0950. The van der Waals surface area contributed by atoms with Crippen LogP contribution >= 0.6 is 11.3 Å². The predicted octanol–water partition coefficient (Wildman–Crippen LogP) is 2.86. The van der Waals surface area contributed by atoms with Crippen LogP contribution in [0.3, 0.4) is 0 Å². The van der Waals surface area contributed by atoms with Crippen LogP contribution < -0.4 is 10.9 Å². The van der Waals surface area contributed by atoms with E-state index in [1.165, 1.54) is 17.7 Å². The van der Waals surface area contributed by atoms with Crippen molar-refractivity contribution in [2.45, 2.75) is 52.6 Å². The molecule has 1 aliphatic heterocycles. The van der Waals surface area contributed by atoms with Crippen LogP contribution in [0, 0.1) is 20.8 Å². The number of carbonyl (C=O) groups is 1. The SMILES string of the molecule is Cc1cc(C)c(CNC(=O)c2csc(CCN3CCC(N(C)C)CC3)c2C)c(=O)[nH]1. The summed E-state index contributed by atoms with van der Waals surface area (Å²) < 4.78 is 0. The number of rotatable bonds is 7. The standard InChI is InChI=1S/C23H34N4O2S/c1-15-12-16(2)25-23(29)19(15)13-24-22(28)20-14-30-21(17(20)3)8-11-27-9-6-18(7-10-27)26(4)5/h12,14,18H,6-11,13H2,1-5H3,(H,24,28)(H,25,29). The van der Waals surface area contributed by atoms with Gasteiger partial charge in [0.05, 0.1) is 5.56 Å². The highest BCUT2D eigenvalue weighted by Crippen LogP contribution is 2.23. The number of hydrogen-bond acceptors (Lipinski definition) is 5. The summed E-state index contributed by atoms with van der Waals surface area (Å²) >= 11 is 1.66. The summed E-state index contributed by atoms with van der Waals surface area (Å²) in [6, 6.07) is 2.63. The molecule has 1 amide bonds. The van der Waals surface area contributed by atoms with Crippen LogP contribution in [0.25, 0.3) is 0 Å². The van der Waals surface area contributed by atoms with Crippen LogP contribution in [0.2, 0.25) is 0 Å². The highest BCUT2D eigenvalue weighted by atomic mass is 32.1. The number of aryl methyl sites for hydroxylation is 2. The number of nitrogens with zero attached hydrogens (tertiary/aromatic N) is 2. The maximum atomic E-state index is 12.7. The van der Waals surface area contributed by atoms with Crippen molar-refractivity contribution in [1.82, 2.24) is 20.1 Å². The lowest BCUT2D eigenvalue weighted by Crippen LogP contribution is -2.42. The highest BCUT2D eigenvalue weighted by molar-refractivity contribution is 7.10. The van der Waals surface area contributed by atoms with Crippen LogP contribution in [0.5, 0.6) is 0 Å². The van der Waals surface area contributed by atoms with Crippen molar-refractivity contribution >= 4 is 17.2 Å². The van der Waals surface area contributed by atoms with Gasteiger partial charge >= 0.3 is 0 Å². The van der Waals surface area contributed by atoms with E-state index in [4.69, 9.17) is 0 Å². The summed E-state index contributed by atoms with van der Waals surface area (Å²) in [5, 5.41) is 4.87. The zero-order valence-corrected chi connectivity index (χ0v) is 19.6. The quantitative estimate of drug-likeness (QED) is 0.709. The molecule has 1 fully saturated rings. The molecule has 3 heterocycles. The molecule has 0 atom stereocenters. The Morgan fingerprint density at radius 1 is 1.27 bits per heavy atom. The average Bonchev–Trinajstić information content (AvgIpc) is 3.06. The van der Waals surface area contributed by atoms with Gasteiger partial charge in [-0.15, -0.1) is 11.3 Å². The Morgan fingerprint density at radius 2 is 1.97 bits per heavy atom. The fourth-order valence-electron chi connectivity index (χ4n) is 4.21. The van der Waals surface area contributed by atoms with Gasteiger partial charge in [0, 0.05) is 40.6 Å². The molecule has 2 aromatic rings. The average molecular weight is 431 g/mol. The minimum Gasteiger partial charge on any atom is -0.348 e. The molecule has 2 aromatic heterocycles. The number of pyridine rings is 1. The first-order valence-corrected chi connectivity index (χ1v) is 11.6. The van der Waals surface area contributed by atoms with Gasteiger partial charge in [-0.3, -0.25) is 9.59 Å². The second-order valence-electron chi connectivity index (χ2n) is 8.61. The third kappa shape index (κ3) is 5.39. The van der Waals surface area contributed by atoms with Crippen molar-refractivity contribution in [3.63, 3.8) is 0 Å². The lowest BCUT2D eigenvalue weighted by Gasteiger charge is -2.35. The minimum absolute atomic E-state index is 0.110. The molecule has 0 bridgehead atoms. The molecule has 0 spiro atoms. The van der Waals surface area contributed by atoms with E-state index in [2.05, 4.69) is 34.2 Å². The Bertz CT molecular complexity index is 939. The third-order valence-corrected chi connectivity index (χ3v) is 7.40. The summed E-state index contributed by atoms with van der Waals surface area (Å²) in [6.45, 7) is 9.36. The molecular weight excluding hydrogens is 396 g/mol. The Hall–Kier alpha value is -1.96. The van der Waals surface area contributed by atoms with Gasteiger partial charge in [0.15, 0.2) is 0 Å². The fourth-order valence-corrected chi connectivity index (χ4v) is 5.25. The number of carbonyl (C=O) groups excluding carboxylic acids is 1. The van der Waals surface area contributed by atoms with E-state index in [1.807, 2.05) is 32.2 Å². The monoisotopic (exact) mass is 430 g/mol. The number of likely N-dealkylation sites (tertiary alicyclic amines) is 1. The van der Waals surface area contributed by atoms with E-state index < -0.39 is 0 Å². The second kappa shape index (κ2) is 9.90. The Morgan fingerprint density at radius 3 is 2.60 bits per heavy atom. The summed E-state index contributed by atoms with van der Waals surface area (Å²) in [5.74, 6) is -0.110. The molecule has 1 aliphatic rings. The summed E-state index contributed by atoms with van der Waals surface area (Å²) in [5.41, 5.74) is 4.00. The number of amides is 1. The molecule has 0 aliphatic carbocycles. The molecule has 0 saturated carbocycles. The number of hydrogen-bond donors (Lipinski definition) is 2. The minimum atomic E-state index is -0.131. The fraction of sp³-hybridized carbons (Fsp3) is 0.565. The van der Waals surface area contributed by atoms with Crippen molar-refractivity contribution in [3.05, 3.63) is 54.6 Å². The Labute approximate surface area is 183 Å². The van der Waals surface area contributed by atoms with E-state index in [0.29, 0.717) is 11.6 Å². The number of aromatic amines is 1. The molecule has 6 nitrogen and oxygen atoms in total. The van der Waals surface area contributed by atoms with Crippen molar-refractivity contribution in [1.29, 1.82) is 0 Å². The van der Waals surface area contributed by atoms with E-state index in [9.17, 15) is 9.59 Å². The van der Waals surface area contributed by atoms with Crippen LogP contribution in [0.1, 0.15) is 50.5 Å². The topological polar surface area (TPSA) is 68.4 Å². The molecule has 2 N–H and O–H groups in total. The van der Waals surface area contributed by atoms with Crippen LogP contribution in [0.15, 0.2) is 16.2 Å². The maximum absolute atomic E-state index is 12.7. The van der Waals surface area contributed by atoms with Crippen LogP contribution in [0.4, 0.5) is 0 Å².